The Kier molecular flexibility index (Phi) is 6.04. The maximum absolute atomic E-state index is 13.1. The predicted molar refractivity (Wildman–Crippen MR) is 109 cm³/mol. The van der Waals surface area contributed by atoms with Crippen LogP contribution in [0, 0.1) is 17.2 Å². The minimum Gasteiger partial charge on any atom is -0.484 e. The van der Waals surface area contributed by atoms with Gasteiger partial charge in [0.2, 0.25) is 0 Å². The highest BCUT2D eigenvalue weighted by atomic mass is 19.1. The van der Waals surface area contributed by atoms with Crippen LogP contribution < -0.4 is 4.74 Å². The minimum absolute atomic E-state index is 0.0501. The third kappa shape index (κ3) is 4.33. The molecule has 1 spiro atoms. The number of halogens is 1. The lowest BCUT2D eigenvalue weighted by atomic mass is 9.71. The van der Waals surface area contributed by atoms with E-state index in [1.54, 1.807) is 6.33 Å². The summed E-state index contributed by atoms with van der Waals surface area (Å²) in [5.74, 6) is 1.65. The maximum Gasteiger partial charge on any atom is 0.260 e. The van der Waals surface area contributed by atoms with Crippen molar-refractivity contribution in [3.05, 3.63) is 42.2 Å². The first-order valence-electron chi connectivity index (χ1n) is 10.6. The van der Waals surface area contributed by atoms with Gasteiger partial charge in [0.1, 0.15) is 23.7 Å². The van der Waals surface area contributed by atoms with Crippen LogP contribution in [0.1, 0.15) is 38.4 Å². The van der Waals surface area contributed by atoms with Gasteiger partial charge in [-0.2, -0.15) is 0 Å². The second kappa shape index (κ2) is 8.71. The van der Waals surface area contributed by atoms with Gasteiger partial charge in [0.05, 0.1) is 0 Å². The normalized spacial score (nSPS) is 20.8. The van der Waals surface area contributed by atoms with Crippen LogP contribution in [0.25, 0.3) is 0 Å². The molecule has 0 N–H and O–H groups in total. The van der Waals surface area contributed by atoms with E-state index < -0.39 is 0 Å². The molecule has 1 atom stereocenters. The maximum atomic E-state index is 13.1. The first-order valence-corrected chi connectivity index (χ1v) is 10.6. The molecule has 7 nitrogen and oxygen atoms in total. The van der Waals surface area contributed by atoms with E-state index >= 15 is 0 Å². The van der Waals surface area contributed by atoms with Crippen LogP contribution >= 0.6 is 0 Å². The van der Waals surface area contributed by atoms with Crippen molar-refractivity contribution in [2.24, 2.45) is 11.3 Å². The molecule has 0 saturated carbocycles. The number of nitrogens with zero attached hydrogens (tertiary/aromatic N) is 4. The van der Waals surface area contributed by atoms with E-state index in [0.717, 1.165) is 25.2 Å². The summed E-state index contributed by atoms with van der Waals surface area (Å²) in [6.45, 7) is 7.79. The van der Waals surface area contributed by atoms with Crippen LogP contribution in [0.4, 0.5) is 4.39 Å². The highest BCUT2D eigenvalue weighted by Gasteiger charge is 2.51. The van der Waals surface area contributed by atoms with Gasteiger partial charge < -0.3 is 18.9 Å². The number of hydrogen-bond donors (Lipinski definition) is 0. The van der Waals surface area contributed by atoms with Gasteiger partial charge in [-0.25, -0.2) is 4.39 Å². The molecule has 3 heterocycles. The third-order valence-electron chi connectivity index (χ3n) is 6.18. The molecule has 2 aliphatic rings. The number of carbonyl (C=O) groups is 1. The summed E-state index contributed by atoms with van der Waals surface area (Å²) in [5, 5.41) is 8.64. The van der Waals surface area contributed by atoms with Crippen LogP contribution in [0.5, 0.6) is 5.75 Å². The summed E-state index contributed by atoms with van der Waals surface area (Å²) in [6.07, 6.45) is 3.59. The zero-order valence-electron chi connectivity index (χ0n) is 17.6. The third-order valence-corrected chi connectivity index (χ3v) is 6.18. The Balaban J connectivity index is 1.50. The summed E-state index contributed by atoms with van der Waals surface area (Å²) in [6, 6.07) is 5.71. The number of likely N-dealkylation sites (tertiary alicyclic amines) is 1. The minimum atomic E-state index is -0.331. The van der Waals surface area contributed by atoms with E-state index in [9.17, 15) is 9.18 Å². The van der Waals surface area contributed by atoms with Gasteiger partial charge in [0.25, 0.3) is 5.91 Å². The van der Waals surface area contributed by atoms with Crippen LogP contribution in [0.15, 0.2) is 30.6 Å². The zero-order valence-corrected chi connectivity index (χ0v) is 17.6. The number of rotatable bonds is 6. The fourth-order valence-corrected chi connectivity index (χ4v) is 4.63. The van der Waals surface area contributed by atoms with E-state index in [1.807, 2.05) is 4.90 Å². The number of hydrogen-bond acceptors (Lipinski definition) is 5. The average Bonchev–Trinajstić information content (AvgIpc) is 3.32. The SMILES string of the molecule is CC(C)Cn1cnnc1C1CN(C(=O)COc2ccc(F)cc2)CC12CCOCC2. The largest absolute Gasteiger partial charge is 0.484 e. The van der Waals surface area contributed by atoms with Crippen LogP contribution in [-0.4, -0.2) is 58.5 Å². The molecule has 0 aliphatic carbocycles. The molecule has 4 rings (SSSR count). The molecular formula is C22H29FN4O3. The summed E-state index contributed by atoms with van der Waals surface area (Å²) in [4.78, 5) is 14.8. The summed E-state index contributed by atoms with van der Waals surface area (Å²) >= 11 is 0. The fourth-order valence-electron chi connectivity index (χ4n) is 4.63. The summed E-state index contributed by atoms with van der Waals surface area (Å²) < 4.78 is 26.4. The Labute approximate surface area is 176 Å². The highest BCUT2D eigenvalue weighted by molar-refractivity contribution is 5.78. The number of aromatic nitrogens is 3. The summed E-state index contributed by atoms with van der Waals surface area (Å²) in [5.41, 5.74) is -0.0501. The predicted octanol–water partition coefficient (Wildman–Crippen LogP) is 2.87. The van der Waals surface area contributed by atoms with E-state index in [0.29, 0.717) is 38.0 Å². The quantitative estimate of drug-likeness (QED) is 0.724. The van der Waals surface area contributed by atoms with Gasteiger partial charge in [-0.05, 0) is 43.0 Å². The van der Waals surface area contributed by atoms with Crippen molar-refractivity contribution in [2.45, 2.75) is 39.2 Å². The first-order chi connectivity index (χ1) is 14.5. The Morgan fingerprint density at radius 2 is 2.03 bits per heavy atom. The first kappa shape index (κ1) is 20.8. The Bertz CT molecular complexity index is 862. The van der Waals surface area contributed by atoms with Crippen LogP contribution in [-0.2, 0) is 16.1 Å². The molecule has 0 bridgehead atoms. The highest BCUT2D eigenvalue weighted by Crippen LogP contribution is 2.49. The number of ether oxygens (including phenoxy) is 2. The lowest BCUT2D eigenvalue weighted by molar-refractivity contribution is -0.133. The van der Waals surface area contributed by atoms with E-state index in [-0.39, 0.29) is 29.7 Å². The Morgan fingerprint density at radius 1 is 1.30 bits per heavy atom. The molecule has 8 heteroatoms. The van der Waals surface area contributed by atoms with E-state index in [1.165, 1.54) is 24.3 Å². The van der Waals surface area contributed by atoms with Crippen molar-refractivity contribution in [2.75, 3.05) is 32.9 Å². The van der Waals surface area contributed by atoms with E-state index in [2.05, 4.69) is 28.6 Å². The van der Waals surface area contributed by atoms with Crippen LogP contribution in [0.3, 0.4) is 0 Å². The molecule has 30 heavy (non-hydrogen) atoms. The fraction of sp³-hybridized carbons (Fsp3) is 0.591. The van der Waals surface area contributed by atoms with Crippen molar-refractivity contribution < 1.29 is 18.7 Å². The second-order valence-corrected chi connectivity index (χ2v) is 8.78. The average molecular weight is 416 g/mol. The zero-order chi connectivity index (χ0) is 21.1. The standard InChI is InChI=1S/C22H29FN4O3/c1-16(2)11-27-15-24-25-21(27)19-12-26(14-22(19)7-9-29-10-8-22)20(28)13-30-18-5-3-17(23)4-6-18/h3-6,15-16,19H,7-14H2,1-2H3. The molecule has 1 amide bonds. The molecule has 2 aromatic rings. The monoisotopic (exact) mass is 416 g/mol. The van der Waals surface area contributed by atoms with Gasteiger partial charge in [-0.3, -0.25) is 4.79 Å². The molecule has 2 fully saturated rings. The number of carbonyl (C=O) groups excluding carboxylic acids is 1. The van der Waals surface area contributed by atoms with Crippen molar-refractivity contribution in [3.63, 3.8) is 0 Å². The molecule has 0 radical (unpaired) electrons. The second-order valence-electron chi connectivity index (χ2n) is 8.78. The van der Waals surface area contributed by atoms with Gasteiger partial charge in [-0.1, -0.05) is 13.8 Å². The topological polar surface area (TPSA) is 69.5 Å². The molecule has 1 unspecified atom stereocenters. The van der Waals surface area contributed by atoms with Gasteiger partial charge in [-0.15, -0.1) is 10.2 Å². The van der Waals surface area contributed by atoms with Crippen molar-refractivity contribution in [1.29, 1.82) is 0 Å². The smallest absolute Gasteiger partial charge is 0.260 e. The molecule has 2 aliphatic heterocycles. The molecule has 2 saturated heterocycles. The van der Waals surface area contributed by atoms with E-state index in [4.69, 9.17) is 9.47 Å². The lowest BCUT2D eigenvalue weighted by Gasteiger charge is -2.37. The van der Waals surface area contributed by atoms with Crippen molar-refractivity contribution in [1.82, 2.24) is 19.7 Å². The molecule has 162 valence electrons. The Morgan fingerprint density at radius 3 is 2.73 bits per heavy atom. The molecule has 1 aromatic carbocycles. The lowest BCUT2D eigenvalue weighted by Crippen LogP contribution is -2.38. The van der Waals surface area contributed by atoms with Crippen molar-refractivity contribution in [3.8, 4) is 5.75 Å². The summed E-state index contributed by atoms with van der Waals surface area (Å²) in [7, 11) is 0. The Hall–Kier alpha value is -2.48. The number of benzene rings is 1. The van der Waals surface area contributed by atoms with Gasteiger partial charge in [0, 0.05) is 44.2 Å². The van der Waals surface area contributed by atoms with Gasteiger partial charge >= 0.3 is 0 Å². The van der Waals surface area contributed by atoms with Crippen LogP contribution in [0.2, 0.25) is 0 Å². The van der Waals surface area contributed by atoms with Gasteiger partial charge in [0.15, 0.2) is 6.61 Å². The van der Waals surface area contributed by atoms with Crippen molar-refractivity contribution >= 4 is 5.91 Å². The number of amides is 1. The molecule has 1 aromatic heterocycles. The molecular weight excluding hydrogens is 387 g/mol.